The highest BCUT2D eigenvalue weighted by Gasteiger charge is 2.49. The molecule has 57 heavy (non-hydrogen) atoms. The first-order valence-corrected chi connectivity index (χ1v) is 20.1. The molecule has 5 unspecified atom stereocenters. The van der Waals surface area contributed by atoms with Crippen LogP contribution < -0.4 is 19.5 Å². The van der Waals surface area contributed by atoms with Crippen molar-refractivity contribution >= 4 is 34.5 Å². The van der Waals surface area contributed by atoms with Crippen molar-refractivity contribution in [3.05, 3.63) is 106 Å². The van der Waals surface area contributed by atoms with E-state index in [4.69, 9.17) is 18.9 Å². The molecule has 2 fully saturated rings. The van der Waals surface area contributed by atoms with Gasteiger partial charge in [0, 0.05) is 47.7 Å². The van der Waals surface area contributed by atoms with Crippen LogP contribution >= 0.6 is 0 Å². The smallest absolute Gasteiger partial charge is 0.375 e. The van der Waals surface area contributed by atoms with E-state index >= 15 is 0 Å². The molecule has 0 spiro atoms. The van der Waals surface area contributed by atoms with E-state index in [1.54, 1.807) is 6.92 Å². The molecule has 0 amide bonds. The number of aromatic amines is 1. The third kappa shape index (κ3) is 7.06. The molecule has 3 aromatic carbocycles. The Morgan fingerprint density at radius 1 is 1.09 bits per heavy atom. The van der Waals surface area contributed by atoms with E-state index in [1.165, 1.54) is 12.7 Å². The van der Waals surface area contributed by atoms with Crippen LogP contribution in [0.15, 0.2) is 77.7 Å². The maximum Gasteiger partial charge on any atom is 0.375 e. The van der Waals surface area contributed by atoms with Crippen LogP contribution in [0.3, 0.4) is 0 Å². The van der Waals surface area contributed by atoms with E-state index in [2.05, 4.69) is 34.6 Å². The molecule has 5 atom stereocenters. The number of ether oxygens (including phenoxy) is 4. The van der Waals surface area contributed by atoms with Crippen molar-refractivity contribution in [1.82, 2.24) is 10.3 Å². The van der Waals surface area contributed by atoms with Crippen LogP contribution in [0, 0.1) is 5.92 Å². The van der Waals surface area contributed by atoms with E-state index in [-0.39, 0.29) is 59.8 Å². The molecule has 4 aliphatic rings. The lowest BCUT2D eigenvalue weighted by Crippen LogP contribution is -2.53. The molecular formula is C46H50N2O9. The number of esters is 1. The topological polar surface area (TPSA) is 156 Å². The van der Waals surface area contributed by atoms with E-state index < -0.39 is 30.2 Å². The van der Waals surface area contributed by atoms with Crippen molar-refractivity contribution in [3.63, 3.8) is 0 Å². The number of carbonyl (C=O) groups is 3. The average Bonchev–Trinajstić information content (AvgIpc) is 3.90. The fourth-order valence-electron chi connectivity index (χ4n) is 9.49. The average molecular weight is 775 g/mol. The molecule has 298 valence electrons. The normalized spacial score (nSPS) is 24.3. The number of hydrogen-bond donors (Lipinski definition) is 4. The predicted octanol–water partition coefficient (Wildman–Crippen LogP) is 6.42. The highest BCUT2D eigenvalue weighted by molar-refractivity contribution is 6.11. The summed E-state index contributed by atoms with van der Waals surface area (Å²) in [7, 11) is 1.52. The summed E-state index contributed by atoms with van der Waals surface area (Å²) in [6.07, 6.45) is 6.29. The number of benzene rings is 3. The van der Waals surface area contributed by atoms with E-state index in [9.17, 15) is 24.6 Å². The zero-order valence-electron chi connectivity index (χ0n) is 32.7. The van der Waals surface area contributed by atoms with Gasteiger partial charge in [0.05, 0.1) is 37.0 Å². The lowest BCUT2D eigenvalue weighted by Gasteiger charge is -2.42. The van der Waals surface area contributed by atoms with Gasteiger partial charge in [-0.05, 0) is 99.5 Å². The minimum absolute atomic E-state index is 0.00834. The van der Waals surface area contributed by atoms with E-state index in [0.717, 1.165) is 54.3 Å². The summed E-state index contributed by atoms with van der Waals surface area (Å²) >= 11 is 0. The Kier molecular flexibility index (Phi) is 10.8. The number of aromatic nitrogens is 1. The molecule has 8 rings (SSSR count). The van der Waals surface area contributed by atoms with Crippen molar-refractivity contribution in [2.75, 3.05) is 20.3 Å². The lowest BCUT2D eigenvalue weighted by atomic mass is 9.74. The van der Waals surface area contributed by atoms with E-state index in [1.807, 2.05) is 43.5 Å². The first-order valence-electron chi connectivity index (χ1n) is 20.1. The number of aliphatic hydroxyl groups excluding tert-OH is 1. The summed E-state index contributed by atoms with van der Waals surface area (Å²) in [4.78, 5) is 43.5. The second-order valence-corrected chi connectivity index (χ2v) is 15.8. The van der Waals surface area contributed by atoms with Gasteiger partial charge in [0.25, 0.3) is 0 Å². The number of rotatable bonds is 11. The molecule has 4 heterocycles. The number of methoxy groups -OCH3 is 1. The molecule has 11 nitrogen and oxygen atoms in total. The number of Topliss-reactive ketones (excluding diaryl/α,β-unsaturated/α-hetero) is 1. The predicted molar refractivity (Wildman–Crippen MR) is 214 cm³/mol. The monoisotopic (exact) mass is 774 g/mol. The Morgan fingerprint density at radius 2 is 1.91 bits per heavy atom. The first kappa shape index (κ1) is 38.6. The van der Waals surface area contributed by atoms with Crippen LogP contribution in [0.4, 0.5) is 0 Å². The second-order valence-electron chi connectivity index (χ2n) is 15.8. The molecule has 0 radical (unpaired) electrons. The molecule has 1 aliphatic carbocycles. The van der Waals surface area contributed by atoms with Crippen molar-refractivity contribution in [1.29, 1.82) is 0 Å². The largest absolute Gasteiger partial charge is 0.496 e. The SMILES string of the molecule is CCOC(=O)C1=C(C=O)C(=C2CCC(=O)C(c3ccc4[nH]ccc4c3)C2)c2c(OC)c3c(c(CO)c2O1)OC(C(C)(O)C1CCNC(CCc2ccccc2)C1)C3. The number of allylic oxidation sites excluding steroid dienone is 3. The van der Waals surface area contributed by atoms with Crippen LogP contribution in [0.25, 0.3) is 16.5 Å². The number of aldehydes is 1. The van der Waals surface area contributed by atoms with E-state index in [0.29, 0.717) is 47.3 Å². The van der Waals surface area contributed by atoms with Crippen LogP contribution in [0.2, 0.25) is 0 Å². The maximum atomic E-state index is 13.6. The van der Waals surface area contributed by atoms with Gasteiger partial charge in [-0.3, -0.25) is 9.59 Å². The molecule has 1 aromatic heterocycles. The van der Waals surface area contributed by atoms with Crippen LogP contribution in [0.5, 0.6) is 17.2 Å². The zero-order valence-corrected chi connectivity index (χ0v) is 32.7. The van der Waals surface area contributed by atoms with Gasteiger partial charge in [-0.1, -0.05) is 42.0 Å². The van der Waals surface area contributed by atoms with Gasteiger partial charge in [-0.15, -0.1) is 0 Å². The number of H-pyrrole nitrogens is 1. The molecule has 3 aliphatic heterocycles. The van der Waals surface area contributed by atoms with Gasteiger partial charge < -0.3 is 39.5 Å². The Balaban J connectivity index is 1.19. The molecule has 4 N–H and O–H groups in total. The lowest BCUT2D eigenvalue weighted by molar-refractivity contribution is -0.141. The first-order chi connectivity index (χ1) is 27.7. The maximum absolute atomic E-state index is 13.6. The van der Waals surface area contributed by atoms with Gasteiger partial charge in [-0.25, -0.2) is 4.79 Å². The molecular weight excluding hydrogens is 725 g/mol. The van der Waals surface area contributed by atoms with Gasteiger partial charge in [-0.2, -0.15) is 0 Å². The number of ketones is 1. The third-order valence-corrected chi connectivity index (χ3v) is 12.6. The van der Waals surface area contributed by atoms with Crippen LogP contribution in [0.1, 0.15) is 86.1 Å². The number of aryl methyl sites for hydroxylation is 1. The highest BCUT2D eigenvalue weighted by Crippen LogP contribution is 2.57. The minimum Gasteiger partial charge on any atom is -0.496 e. The van der Waals surface area contributed by atoms with Crippen LogP contribution in [-0.2, 0) is 38.6 Å². The fourth-order valence-corrected chi connectivity index (χ4v) is 9.49. The number of aliphatic hydroxyl groups is 2. The Labute approximate surface area is 332 Å². The van der Waals surface area contributed by atoms with Crippen molar-refractivity contribution in [2.45, 2.75) is 95.5 Å². The summed E-state index contributed by atoms with van der Waals surface area (Å²) < 4.78 is 24.6. The number of hydrogen-bond acceptors (Lipinski definition) is 10. The quantitative estimate of drug-likeness (QED) is 0.0991. The van der Waals surface area contributed by atoms with Gasteiger partial charge >= 0.3 is 5.97 Å². The highest BCUT2D eigenvalue weighted by atomic mass is 16.6. The summed E-state index contributed by atoms with van der Waals surface area (Å²) in [6.45, 7) is 3.78. The third-order valence-electron chi connectivity index (χ3n) is 12.6. The second kappa shape index (κ2) is 16.0. The molecule has 0 bridgehead atoms. The number of carbonyl (C=O) groups excluding carboxylic acids is 3. The number of fused-ring (bicyclic) bond motifs is 3. The van der Waals surface area contributed by atoms with Crippen LogP contribution in [-0.4, -0.2) is 71.2 Å². The molecule has 11 heteroatoms. The van der Waals surface area contributed by atoms with Crippen molar-refractivity contribution < 1.29 is 43.5 Å². The van der Waals surface area contributed by atoms with Gasteiger partial charge in [0.15, 0.2) is 6.29 Å². The Morgan fingerprint density at radius 3 is 2.67 bits per heavy atom. The van der Waals surface area contributed by atoms with Crippen molar-refractivity contribution in [3.8, 4) is 17.2 Å². The summed E-state index contributed by atoms with van der Waals surface area (Å²) in [5.74, 6) is -0.810. The summed E-state index contributed by atoms with van der Waals surface area (Å²) in [6, 6.07) is 18.5. The Hall–Kier alpha value is -5.23. The summed E-state index contributed by atoms with van der Waals surface area (Å²) in [5, 5.41) is 28.1. The van der Waals surface area contributed by atoms with Gasteiger partial charge in [0.2, 0.25) is 5.76 Å². The Bertz CT molecular complexity index is 2270. The van der Waals surface area contributed by atoms with Gasteiger partial charge in [0.1, 0.15) is 34.7 Å². The zero-order chi connectivity index (χ0) is 39.8. The number of piperidine rings is 1. The molecule has 4 aromatic rings. The van der Waals surface area contributed by atoms with Crippen molar-refractivity contribution in [2.24, 2.45) is 5.92 Å². The standard InChI is InChI=1S/C46H50N2O9/c1-4-55-45(52)44-34(24-49)39(29-12-15-37(51)32(21-29)27-11-14-36-28(20-27)16-18-48-36)40-42(54-3)33-23-38(56-41(33)35(25-50)43(40)57-44)46(2,53)30-17-19-47-31(22-30)13-10-26-8-6-5-7-9-26/h5-9,11,14,16,18,20,24,30-32,38,47-48,50,53H,4,10,12-13,15,17,19,21-23,25H2,1-3H3. The minimum atomic E-state index is -1.26. The molecule has 1 saturated carbocycles. The summed E-state index contributed by atoms with van der Waals surface area (Å²) in [5.41, 5.74) is 4.35. The number of nitrogens with one attached hydrogen (secondary N) is 2. The fraction of sp³-hybridized carbons (Fsp3) is 0.413. The molecule has 1 saturated heterocycles.